The van der Waals surface area contributed by atoms with E-state index in [9.17, 15) is 4.79 Å². The number of halogens is 1. The van der Waals surface area contributed by atoms with Crippen molar-refractivity contribution in [3.05, 3.63) is 18.2 Å². The summed E-state index contributed by atoms with van der Waals surface area (Å²) in [6.07, 6.45) is 2.76. The fraction of sp³-hybridized carbons (Fsp3) is 0.200. The van der Waals surface area contributed by atoms with E-state index < -0.39 is 5.97 Å². The van der Waals surface area contributed by atoms with E-state index in [1.54, 1.807) is 7.05 Å². The normalized spacial score (nSPS) is 8.50. The molecule has 5 heteroatoms. The zero-order valence-electron chi connectivity index (χ0n) is 5.31. The molecule has 0 unspecified atom stereocenters. The van der Waals surface area contributed by atoms with Crippen LogP contribution in [0.3, 0.4) is 0 Å². The highest BCUT2D eigenvalue weighted by atomic mass is 35.5. The molecule has 1 aromatic rings. The van der Waals surface area contributed by atoms with E-state index in [4.69, 9.17) is 5.11 Å². The minimum Gasteiger partial charge on any atom is -0.477 e. The zero-order chi connectivity index (χ0) is 6.85. The quantitative estimate of drug-likeness (QED) is 0.656. The van der Waals surface area contributed by atoms with Gasteiger partial charge in [0.1, 0.15) is 5.69 Å². The summed E-state index contributed by atoms with van der Waals surface area (Å²) >= 11 is 0. The van der Waals surface area contributed by atoms with Gasteiger partial charge in [-0.1, -0.05) is 0 Å². The van der Waals surface area contributed by atoms with Crippen LogP contribution in [-0.2, 0) is 7.05 Å². The number of imidazole rings is 1. The van der Waals surface area contributed by atoms with E-state index in [1.165, 1.54) is 17.1 Å². The van der Waals surface area contributed by atoms with E-state index in [2.05, 4.69) is 4.98 Å². The minimum atomic E-state index is -0.949. The summed E-state index contributed by atoms with van der Waals surface area (Å²) in [4.78, 5) is 13.8. The van der Waals surface area contributed by atoms with Crippen LogP contribution in [0, 0.1) is 0 Å². The second-order valence-corrected chi connectivity index (χ2v) is 1.69. The first-order valence-corrected chi connectivity index (χ1v) is 2.41. The second-order valence-electron chi connectivity index (χ2n) is 1.69. The maximum Gasteiger partial charge on any atom is 0.354 e. The van der Waals surface area contributed by atoms with E-state index in [0.29, 0.717) is 0 Å². The lowest BCUT2D eigenvalue weighted by atomic mass is 10.5. The molecule has 1 heterocycles. The lowest BCUT2D eigenvalue weighted by molar-refractivity contribution is 0.0686. The number of nitrogens with zero attached hydrogens (tertiary/aromatic N) is 2. The minimum absolute atomic E-state index is 0. The van der Waals surface area contributed by atoms with Crippen molar-refractivity contribution in [1.82, 2.24) is 9.55 Å². The summed E-state index contributed by atoms with van der Waals surface area (Å²) in [5.74, 6) is -0.949. The fourth-order valence-electron chi connectivity index (χ4n) is 0.563. The molecule has 0 aliphatic carbocycles. The average molecular weight is 163 g/mol. The number of hydrogen-bond donors (Lipinski definition) is 1. The molecule has 0 aliphatic rings. The van der Waals surface area contributed by atoms with Crippen molar-refractivity contribution in [2.24, 2.45) is 7.05 Å². The van der Waals surface area contributed by atoms with Gasteiger partial charge < -0.3 is 9.67 Å². The molecule has 1 rings (SSSR count). The number of rotatable bonds is 1. The third-order valence-electron chi connectivity index (χ3n) is 1.04. The van der Waals surface area contributed by atoms with E-state index in [1.807, 2.05) is 0 Å². The molecule has 0 fully saturated rings. The molecule has 0 atom stereocenters. The molecular formula is C5H7ClN2O2. The van der Waals surface area contributed by atoms with Gasteiger partial charge in [-0.2, -0.15) is 0 Å². The Morgan fingerprint density at radius 3 is 2.60 bits per heavy atom. The van der Waals surface area contributed by atoms with Crippen molar-refractivity contribution in [2.75, 3.05) is 0 Å². The summed E-state index contributed by atoms with van der Waals surface area (Å²) in [6.45, 7) is 0. The standard InChI is InChI=1S/C5H6N2O2.ClH/c1-7-3-6-2-4(7)5(8)9;/h2-3H,1H3,(H,8,9);1H. The number of hydrogen-bond acceptors (Lipinski definition) is 2. The van der Waals surface area contributed by atoms with Gasteiger partial charge in [0.15, 0.2) is 0 Å². The van der Waals surface area contributed by atoms with Gasteiger partial charge in [0, 0.05) is 7.05 Å². The third kappa shape index (κ3) is 1.48. The smallest absolute Gasteiger partial charge is 0.354 e. The van der Waals surface area contributed by atoms with E-state index in [-0.39, 0.29) is 18.1 Å². The predicted molar refractivity (Wildman–Crippen MR) is 37.4 cm³/mol. The van der Waals surface area contributed by atoms with Crippen LogP contribution in [0.4, 0.5) is 0 Å². The van der Waals surface area contributed by atoms with Crippen LogP contribution in [0.1, 0.15) is 10.5 Å². The molecule has 0 aliphatic heterocycles. The van der Waals surface area contributed by atoms with Gasteiger partial charge in [-0.3, -0.25) is 0 Å². The van der Waals surface area contributed by atoms with Gasteiger partial charge in [-0.15, -0.1) is 12.4 Å². The SMILES string of the molecule is Cl.Cn1cncc1C(=O)O. The van der Waals surface area contributed by atoms with Crippen molar-refractivity contribution < 1.29 is 9.90 Å². The van der Waals surface area contributed by atoms with Crippen LogP contribution >= 0.6 is 12.4 Å². The molecule has 0 spiro atoms. The summed E-state index contributed by atoms with van der Waals surface area (Å²) in [5.41, 5.74) is 0.204. The number of carbonyl (C=O) groups is 1. The molecule has 0 saturated heterocycles. The highest BCUT2D eigenvalue weighted by Crippen LogP contribution is 1.93. The third-order valence-corrected chi connectivity index (χ3v) is 1.04. The first-order chi connectivity index (χ1) is 4.22. The number of carboxylic acids is 1. The molecule has 1 N–H and O–H groups in total. The van der Waals surface area contributed by atoms with Crippen molar-refractivity contribution in [2.45, 2.75) is 0 Å². The summed E-state index contributed by atoms with van der Waals surface area (Å²) in [6, 6.07) is 0. The first-order valence-electron chi connectivity index (χ1n) is 2.41. The van der Waals surface area contributed by atoms with Crippen molar-refractivity contribution in [3.8, 4) is 0 Å². The molecule has 10 heavy (non-hydrogen) atoms. The average Bonchev–Trinajstić information content (AvgIpc) is 2.13. The van der Waals surface area contributed by atoms with Crippen molar-refractivity contribution in [1.29, 1.82) is 0 Å². The van der Waals surface area contributed by atoms with Gasteiger partial charge in [0.2, 0.25) is 0 Å². The zero-order valence-corrected chi connectivity index (χ0v) is 6.13. The maximum atomic E-state index is 10.2. The Morgan fingerprint density at radius 2 is 2.40 bits per heavy atom. The number of aromatic carboxylic acids is 1. The molecule has 1 aromatic heterocycles. The van der Waals surface area contributed by atoms with Crippen molar-refractivity contribution >= 4 is 18.4 Å². The van der Waals surface area contributed by atoms with Gasteiger partial charge in [-0.05, 0) is 0 Å². The topological polar surface area (TPSA) is 55.1 Å². The van der Waals surface area contributed by atoms with Crippen molar-refractivity contribution in [3.63, 3.8) is 0 Å². The monoisotopic (exact) mass is 162 g/mol. The lowest BCUT2D eigenvalue weighted by Crippen LogP contribution is -2.02. The Morgan fingerprint density at radius 1 is 1.80 bits per heavy atom. The van der Waals surface area contributed by atoms with Crippen LogP contribution in [-0.4, -0.2) is 20.6 Å². The molecule has 0 saturated carbocycles. The van der Waals surface area contributed by atoms with Crippen LogP contribution in [0.5, 0.6) is 0 Å². The van der Waals surface area contributed by atoms with Gasteiger partial charge in [0.25, 0.3) is 0 Å². The van der Waals surface area contributed by atoms with Gasteiger partial charge in [0.05, 0.1) is 12.5 Å². The molecule has 0 aromatic carbocycles. The Bertz CT molecular complexity index is 233. The molecule has 0 bridgehead atoms. The molecule has 56 valence electrons. The lowest BCUT2D eigenvalue weighted by Gasteiger charge is -1.91. The molecule has 0 radical (unpaired) electrons. The predicted octanol–water partition coefficient (Wildman–Crippen LogP) is 0.540. The largest absolute Gasteiger partial charge is 0.477 e. The number of carboxylic acid groups (broad SMARTS) is 1. The molecular weight excluding hydrogens is 156 g/mol. The van der Waals surface area contributed by atoms with Crippen LogP contribution in [0.15, 0.2) is 12.5 Å². The summed E-state index contributed by atoms with van der Waals surface area (Å²) < 4.78 is 1.45. The Kier molecular flexibility index (Phi) is 2.89. The van der Waals surface area contributed by atoms with E-state index in [0.717, 1.165) is 0 Å². The summed E-state index contributed by atoms with van der Waals surface area (Å²) in [7, 11) is 1.64. The van der Waals surface area contributed by atoms with Crippen LogP contribution in [0.2, 0.25) is 0 Å². The molecule has 0 amide bonds. The highest BCUT2D eigenvalue weighted by molar-refractivity contribution is 5.85. The Labute approximate surface area is 63.9 Å². The van der Waals surface area contributed by atoms with Crippen LogP contribution in [0.25, 0.3) is 0 Å². The molecule has 4 nitrogen and oxygen atoms in total. The fourth-order valence-corrected chi connectivity index (χ4v) is 0.563. The van der Waals surface area contributed by atoms with Gasteiger partial charge in [-0.25, -0.2) is 9.78 Å². The first kappa shape index (κ1) is 8.97. The Balaban J connectivity index is 0.000000810. The number of aryl methyl sites for hydroxylation is 1. The Hall–Kier alpha value is -1.03. The number of aromatic nitrogens is 2. The van der Waals surface area contributed by atoms with Gasteiger partial charge >= 0.3 is 5.97 Å². The van der Waals surface area contributed by atoms with E-state index >= 15 is 0 Å². The van der Waals surface area contributed by atoms with Crippen LogP contribution < -0.4 is 0 Å². The second kappa shape index (κ2) is 3.22. The maximum absolute atomic E-state index is 10.2. The summed E-state index contributed by atoms with van der Waals surface area (Å²) in [5, 5.41) is 8.39. The highest BCUT2D eigenvalue weighted by Gasteiger charge is 2.04.